The van der Waals surface area contributed by atoms with Gasteiger partial charge in [0.05, 0.1) is 11.0 Å². The van der Waals surface area contributed by atoms with Crippen molar-refractivity contribution >= 4 is 51.7 Å². The van der Waals surface area contributed by atoms with Crippen molar-refractivity contribution in [2.75, 3.05) is 6.54 Å². The third kappa shape index (κ3) is 2.92. The van der Waals surface area contributed by atoms with Crippen molar-refractivity contribution in [3.8, 4) is 0 Å². The van der Waals surface area contributed by atoms with Crippen LogP contribution < -0.4 is 5.32 Å². The first-order valence-corrected chi connectivity index (χ1v) is 7.25. The maximum Gasteiger partial charge on any atom is 0.221 e. The highest BCUT2D eigenvalue weighted by Crippen LogP contribution is 2.17. The van der Waals surface area contributed by atoms with E-state index in [-0.39, 0.29) is 5.91 Å². The third-order valence-electron chi connectivity index (χ3n) is 2.67. The lowest BCUT2D eigenvalue weighted by Crippen LogP contribution is -2.23. The number of benzene rings is 1. The fourth-order valence-corrected chi connectivity index (χ4v) is 2.65. The summed E-state index contributed by atoms with van der Waals surface area (Å²) in [7, 11) is 0. The highest BCUT2D eigenvalue weighted by atomic mass is 127. The Morgan fingerprint density at radius 2 is 2.33 bits per heavy atom. The molecule has 0 saturated carbocycles. The van der Waals surface area contributed by atoms with Gasteiger partial charge in [-0.3, -0.25) is 4.79 Å². The number of imidazole rings is 1. The number of aryl methyl sites for hydroxylation is 1. The minimum atomic E-state index is 0.0549. The SMILES string of the molecule is CCNC(=O)CCn1c(=S)[nH]c2cc(I)ccc21. The molecule has 18 heavy (non-hydrogen) atoms. The summed E-state index contributed by atoms with van der Waals surface area (Å²) in [4.78, 5) is 14.6. The topological polar surface area (TPSA) is 49.8 Å². The van der Waals surface area contributed by atoms with Crippen LogP contribution in [0, 0.1) is 8.34 Å². The van der Waals surface area contributed by atoms with Gasteiger partial charge in [0.2, 0.25) is 5.91 Å². The normalized spacial score (nSPS) is 10.8. The first-order chi connectivity index (χ1) is 8.61. The summed E-state index contributed by atoms with van der Waals surface area (Å²) in [6.45, 7) is 3.18. The molecule has 96 valence electrons. The second-order valence-electron chi connectivity index (χ2n) is 3.95. The van der Waals surface area contributed by atoms with Gasteiger partial charge in [0.15, 0.2) is 4.77 Å². The number of fused-ring (bicyclic) bond motifs is 1. The largest absolute Gasteiger partial charge is 0.356 e. The summed E-state index contributed by atoms with van der Waals surface area (Å²) in [6.07, 6.45) is 0.446. The van der Waals surface area contributed by atoms with Crippen LogP contribution in [-0.2, 0) is 11.3 Å². The maximum absolute atomic E-state index is 11.5. The molecule has 6 heteroatoms. The van der Waals surface area contributed by atoms with Crippen molar-refractivity contribution in [2.24, 2.45) is 0 Å². The van der Waals surface area contributed by atoms with Gasteiger partial charge >= 0.3 is 0 Å². The molecule has 0 aliphatic heterocycles. The Labute approximate surface area is 124 Å². The van der Waals surface area contributed by atoms with Crippen LogP contribution in [0.2, 0.25) is 0 Å². The molecule has 2 aromatic rings. The van der Waals surface area contributed by atoms with Gasteiger partial charge in [-0.15, -0.1) is 0 Å². The lowest BCUT2D eigenvalue weighted by molar-refractivity contribution is -0.121. The zero-order valence-corrected chi connectivity index (χ0v) is 13.0. The van der Waals surface area contributed by atoms with E-state index in [0.717, 1.165) is 14.6 Å². The van der Waals surface area contributed by atoms with E-state index >= 15 is 0 Å². The van der Waals surface area contributed by atoms with Crippen LogP contribution in [0.15, 0.2) is 18.2 Å². The Bertz CT molecular complexity index is 632. The monoisotopic (exact) mass is 375 g/mol. The number of H-pyrrole nitrogens is 1. The van der Waals surface area contributed by atoms with E-state index < -0.39 is 0 Å². The molecule has 0 unspecified atom stereocenters. The zero-order chi connectivity index (χ0) is 13.1. The minimum absolute atomic E-state index is 0.0549. The molecule has 0 atom stereocenters. The van der Waals surface area contributed by atoms with Gasteiger partial charge in [0.1, 0.15) is 0 Å². The van der Waals surface area contributed by atoms with Crippen molar-refractivity contribution in [2.45, 2.75) is 19.9 Å². The molecular weight excluding hydrogens is 361 g/mol. The number of carbonyl (C=O) groups is 1. The van der Waals surface area contributed by atoms with E-state index in [2.05, 4.69) is 32.9 Å². The number of nitrogens with zero attached hydrogens (tertiary/aromatic N) is 1. The molecule has 1 heterocycles. The van der Waals surface area contributed by atoms with E-state index in [1.54, 1.807) is 0 Å². The van der Waals surface area contributed by atoms with Crippen LogP contribution >= 0.6 is 34.8 Å². The molecule has 0 spiro atoms. The quantitative estimate of drug-likeness (QED) is 0.638. The number of aromatic amines is 1. The minimum Gasteiger partial charge on any atom is -0.356 e. The number of carbonyl (C=O) groups excluding carboxylic acids is 1. The van der Waals surface area contributed by atoms with Crippen molar-refractivity contribution in [1.82, 2.24) is 14.9 Å². The predicted molar refractivity (Wildman–Crippen MR) is 83.1 cm³/mol. The summed E-state index contributed by atoms with van der Waals surface area (Å²) in [6, 6.07) is 6.11. The lowest BCUT2D eigenvalue weighted by Gasteiger charge is -2.05. The Morgan fingerprint density at radius 3 is 3.06 bits per heavy atom. The van der Waals surface area contributed by atoms with E-state index in [1.165, 1.54) is 0 Å². The smallest absolute Gasteiger partial charge is 0.221 e. The number of hydrogen-bond acceptors (Lipinski definition) is 2. The summed E-state index contributed by atoms with van der Waals surface area (Å²) in [5.41, 5.74) is 2.06. The Morgan fingerprint density at radius 1 is 1.56 bits per heavy atom. The van der Waals surface area contributed by atoms with Crippen LogP contribution in [-0.4, -0.2) is 22.0 Å². The summed E-state index contributed by atoms with van der Waals surface area (Å²) < 4.78 is 3.79. The predicted octanol–water partition coefficient (Wildman–Crippen LogP) is 2.83. The Kier molecular flexibility index (Phi) is 4.39. The number of amides is 1. The van der Waals surface area contributed by atoms with E-state index in [4.69, 9.17) is 12.2 Å². The van der Waals surface area contributed by atoms with E-state index in [9.17, 15) is 4.79 Å². The summed E-state index contributed by atoms with van der Waals surface area (Å²) in [5, 5.41) is 2.79. The highest BCUT2D eigenvalue weighted by molar-refractivity contribution is 14.1. The molecule has 0 aliphatic carbocycles. The van der Waals surface area contributed by atoms with Crippen LogP contribution in [0.4, 0.5) is 0 Å². The fourth-order valence-electron chi connectivity index (χ4n) is 1.86. The molecule has 1 aromatic carbocycles. The second-order valence-corrected chi connectivity index (χ2v) is 5.58. The van der Waals surface area contributed by atoms with Crippen molar-refractivity contribution in [3.05, 3.63) is 26.5 Å². The van der Waals surface area contributed by atoms with Gasteiger partial charge in [-0.25, -0.2) is 0 Å². The number of rotatable bonds is 4. The molecule has 0 fully saturated rings. The number of aromatic nitrogens is 2. The van der Waals surface area contributed by atoms with Gasteiger partial charge in [-0.05, 0) is 59.9 Å². The molecular formula is C12H14IN3OS. The average molecular weight is 375 g/mol. The molecule has 1 aromatic heterocycles. The van der Waals surface area contributed by atoms with Gasteiger partial charge in [-0.1, -0.05) is 0 Å². The van der Waals surface area contributed by atoms with Crippen LogP contribution in [0.25, 0.3) is 11.0 Å². The van der Waals surface area contributed by atoms with Gasteiger partial charge in [0, 0.05) is 23.1 Å². The van der Waals surface area contributed by atoms with E-state index in [0.29, 0.717) is 24.3 Å². The molecule has 0 aliphatic rings. The molecule has 0 bridgehead atoms. The van der Waals surface area contributed by atoms with Crippen molar-refractivity contribution < 1.29 is 4.79 Å². The summed E-state index contributed by atoms with van der Waals surface area (Å²) >= 11 is 7.55. The van der Waals surface area contributed by atoms with Crippen LogP contribution in [0.5, 0.6) is 0 Å². The van der Waals surface area contributed by atoms with Crippen molar-refractivity contribution in [1.29, 1.82) is 0 Å². The highest BCUT2D eigenvalue weighted by Gasteiger charge is 2.06. The zero-order valence-electron chi connectivity index (χ0n) is 10.00. The molecule has 1 amide bonds. The van der Waals surface area contributed by atoms with Gasteiger partial charge in [-0.2, -0.15) is 0 Å². The van der Waals surface area contributed by atoms with E-state index in [1.807, 2.05) is 29.7 Å². The number of halogens is 1. The molecule has 0 saturated heterocycles. The number of hydrogen-bond donors (Lipinski definition) is 2. The fraction of sp³-hybridized carbons (Fsp3) is 0.333. The third-order valence-corrected chi connectivity index (χ3v) is 3.67. The standard InChI is InChI=1S/C12H14IN3OS/c1-2-14-11(17)5-6-16-10-4-3-8(13)7-9(10)15-12(16)18/h3-4,7H,2,5-6H2,1H3,(H,14,17)(H,15,18). The molecule has 0 radical (unpaired) electrons. The molecule has 2 rings (SSSR count). The van der Waals surface area contributed by atoms with Gasteiger partial charge in [0.25, 0.3) is 0 Å². The molecule has 2 N–H and O–H groups in total. The number of nitrogens with one attached hydrogen (secondary N) is 2. The Balaban J connectivity index is 2.25. The Hall–Kier alpha value is -0.890. The average Bonchev–Trinajstić information content (AvgIpc) is 2.61. The first-order valence-electron chi connectivity index (χ1n) is 5.76. The summed E-state index contributed by atoms with van der Waals surface area (Å²) in [5.74, 6) is 0.0549. The second kappa shape index (κ2) is 5.83. The first kappa shape index (κ1) is 13.5. The van der Waals surface area contributed by atoms with Crippen LogP contribution in [0.1, 0.15) is 13.3 Å². The molecule has 4 nitrogen and oxygen atoms in total. The van der Waals surface area contributed by atoms with Crippen molar-refractivity contribution in [3.63, 3.8) is 0 Å². The lowest BCUT2D eigenvalue weighted by atomic mass is 10.3. The van der Waals surface area contributed by atoms with Gasteiger partial charge < -0.3 is 14.9 Å². The van der Waals surface area contributed by atoms with Crippen LogP contribution in [0.3, 0.4) is 0 Å². The maximum atomic E-state index is 11.5.